The normalized spacial score (nSPS) is 10.5. The van der Waals surface area contributed by atoms with E-state index < -0.39 is 22.2 Å². The van der Waals surface area contributed by atoms with Gasteiger partial charge in [-0.15, -0.1) is 0 Å². The predicted molar refractivity (Wildman–Crippen MR) is 90.7 cm³/mol. The molecule has 2 heterocycles. The zero-order valence-electron chi connectivity index (χ0n) is 13.0. The van der Waals surface area contributed by atoms with Crippen molar-refractivity contribution in [3.8, 4) is 0 Å². The molecule has 0 radical (unpaired) electrons. The van der Waals surface area contributed by atoms with Gasteiger partial charge in [-0.25, -0.2) is 14.1 Å². The van der Waals surface area contributed by atoms with Crippen LogP contribution >= 0.6 is 11.3 Å². The molecule has 1 aromatic carbocycles. The number of aromatic nitrogens is 3. The highest BCUT2D eigenvalue weighted by molar-refractivity contribution is 7.18. The lowest BCUT2D eigenvalue weighted by molar-refractivity contribution is -0.380. The maximum Gasteiger partial charge on any atom is 0.345 e. The number of hydrogen-bond donors (Lipinski definition) is 1. The second-order valence-corrected chi connectivity index (χ2v) is 6.06. The van der Waals surface area contributed by atoms with Crippen LogP contribution in [-0.2, 0) is 6.54 Å². The Kier molecular flexibility index (Phi) is 4.80. The van der Waals surface area contributed by atoms with Crippen LogP contribution in [0, 0.1) is 15.9 Å². The summed E-state index contributed by atoms with van der Waals surface area (Å²) < 4.78 is 14.0. The standard InChI is InChI=1S/C15H10FN5O4S/c16-10-3-1-9(2-4-10)8-20-12(22)6-5-11(19-20)14(23)18-15-17-7-13(26-15)21(24)25/h1-7H,8H2,(H,17,18,23). The summed E-state index contributed by atoms with van der Waals surface area (Å²) in [5, 5.41) is 16.8. The number of amides is 1. The molecule has 0 saturated carbocycles. The van der Waals surface area contributed by atoms with Crippen LogP contribution in [0.4, 0.5) is 14.5 Å². The first kappa shape index (κ1) is 17.4. The first-order valence-corrected chi connectivity index (χ1v) is 7.98. The van der Waals surface area contributed by atoms with Gasteiger partial charge in [-0.05, 0) is 35.1 Å². The molecular weight excluding hydrogens is 365 g/mol. The van der Waals surface area contributed by atoms with Crippen molar-refractivity contribution in [2.24, 2.45) is 0 Å². The second kappa shape index (κ2) is 7.19. The summed E-state index contributed by atoms with van der Waals surface area (Å²) in [6.07, 6.45) is 1.03. The van der Waals surface area contributed by atoms with Crippen molar-refractivity contribution < 1.29 is 14.1 Å². The minimum Gasteiger partial charge on any atom is -0.296 e. The Bertz CT molecular complexity index is 1030. The number of benzene rings is 1. The molecule has 0 atom stereocenters. The maximum absolute atomic E-state index is 12.9. The monoisotopic (exact) mass is 375 g/mol. The highest BCUT2D eigenvalue weighted by Gasteiger charge is 2.16. The molecule has 26 heavy (non-hydrogen) atoms. The van der Waals surface area contributed by atoms with Crippen molar-refractivity contribution in [3.05, 3.63) is 80.1 Å². The third-order valence-electron chi connectivity index (χ3n) is 3.24. The highest BCUT2D eigenvalue weighted by atomic mass is 32.1. The first-order chi connectivity index (χ1) is 12.4. The Hall–Kier alpha value is -3.47. The first-order valence-electron chi connectivity index (χ1n) is 7.16. The summed E-state index contributed by atoms with van der Waals surface area (Å²) in [6.45, 7) is 0.0585. The van der Waals surface area contributed by atoms with Crippen LogP contribution in [0.3, 0.4) is 0 Å². The molecule has 3 rings (SSSR count). The van der Waals surface area contributed by atoms with Gasteiger partial charge in [-0.3, -0.25) is 25.0 Å². The van der Waals surface area contributed by atoms with Crippen LogP contribution < -0.4 is 10.9 Å². The molecule has 9 nitrogen and oxygen atoms in total. The summed E-state index contributed by atoms with van der Waals surface area (Å²) in [5.41, 5.74) is 0.134. The quantitative estimate of drug-likeness (QED) is 0.538. The van der Waals surface area contributed by atoms with Crippen LogP contribution in [0.5, 0.6) is 0 Å². The number of nitrogens with zero attached hydrogens (tertiary/aromatic N) is 4. The fourth-order valence-corrected chi connectivity index (χ4v) is 2.64. The van der Waals surface area contributed by atoms with E-state index in [2.05, 4.69) is 15.4 Å². The van der Waals surface area contributed by atoms with E-state index >= 15 is 0 Å². The molecule has 0 unspecified atom stereocenters. The molecule has 3 aromatic rings. The van der Waals surface area contributed by atoms with E-state index in [1.54, 1.807) is 0 Å². The van der Waals surface area contributed by atoms with E-state index in [1.165, 1.54) is 36.4 Å². The van der Waals surface area contributed by atoms with E-state index in [9.17, 15) is 24.1 Å². The van der Waals surface area contributed by atoms with Gasteiger partial charge in [0, 0.05) is 6.07 Å². The molecule has 0 fully saturated rings. The smallest absolute Gasteiger partial charge is 0.296 e. The zero-order valence-corrected chi connectivity index (χ0v) is 13.8. The van der Waals surface area contributed by atoms with Crippen molar-refractivity contribution >= 4 is 27.4 Å². The fraction of sp³-hybridized carbons (Fsp3) is 0.0667. The summed E-state index contributed by atoms with van der Waals surface area (Å²) in [6, 6.07) is 7.94. The van der Waals surface area contributed by atoms with Crippen molar-refractivity contribution in [2.45, 2.75) is 6.54 Å². The van der Waals surface area contributed by atoms with Gasteiger partial charge in [-0.1, -0.05) is 12.1 Å². The predicted octanol–water partition coefficient (Wildman–Crippen LogP) is 2.05. The fourth-order valence-electron chi connectivity index (χ4n) is 2.02. The number of carbonyl (C=O) groups excluding carboxylic acids is 1. The highest BCUT2D eigenvalue weighted by Crippen LogP contribution is 2.25. The molecule has 0 aliphatic carbocycles. The summed E-state index contributed by atoms with van der Waals surface area (Å²) in [5.74, 6) is -1.07. The molecule has 0 bridgehead atoms. The van der Waals surface area contributed by atoms with Gasteiger partial charge in [0.25, 0.3) is 11.5 Å². The molecule has 1 amide bonds. The van der Waals surface area contributed by atoms with Gasteiger partial charge in [0.2, 0.25) is 0 Å². The van der Waals surface area contributed by atoms with Crippen molar-refractivity contribution in [1.29, 1.82) is 0 Å². The van der Waals surface area contributed by atoms with Crippen LogP contribution in [-0.4, -0.2) is 25.6 Å². The van der Waals surface area contributed by atoms with E-state index in [4.69, 9.17) is 0 Å². The lowest BCUT2D eigenvalue weighted by Gasteiger charge is -2.07. The van der Waals surface area contributed by atoms with Gasteiger partial charge in [0.05, 0.1) is 11.5 Å². The maximum atomic E-state index is 12.9. The molecule has 0 aliphatic heterocycles. The Morgan fingerprint density at radius 3 is 2.65 bits per heavy atom. The van der Waals surface area contributed by atoms with Crippen LogP contribution in [0.15, 0.2) is 47.4 Å². The summed E-state index contributed by atoms with van der Waals surface area (Å²) >= 11 is 0.701. The number of anilines is 1. The van der Waals surface area contributed by atoms with Gasteiger partial charge in [0.15, 0.2) is 5.13 Å². The lowest BCUT2D eigenvalue weighted by Crippen LogP contribution is -2.26. The van der Waals surface area contributed by atoms with Gasteiger partial charge >= 0.3 is 5.00 Å². The molecule has 1 N–H and O–H groups in total. The number of nitrogens with one attached hydrogen (secondary N) is 1. The molecule has 0 aliphatic rings. The molecular formula is C15H10FN5O4S. The summed E-state index contributed by atoms with van der Waals surface area (Å²) in [7, 11) is 0. The lowest BCUT2D eigenvalue weighted by atomic mass is 10.2. The SMILES string of the molecule is O=C(Nc1ncc([N+](=O)[O-])s1)c1ccc(=O)n(Cc2ccc(F)cc2)n1. The van der Waals surface area contributed by atoms with Crippen molar-refractivity contribution in [2.75, 3.05) is 5.32 Å². The Labute approximate surface area is 148 Å². The molecule has 0 saturated heterocycles. The third kappa shape index (κ3) is 3.95. The minimum atomic E-state index is -0.665. The van der Waals surface area contributed by atoms with Crippen LogP contribution in [0.1, 0.15) is 16.1 Å². The average molecular weight is 375 g/mol. The minimum absolute atomic E-state index is 0.0415. The van der Waals surface area contributed by atoms with E-state index in [1.807, 2.05) is 0 Å². The number of thiazole rings is 1. The molecule has 11 heteroatoms. The Morgan fingerprint density at radius 1 is 1.27 bits per heavy atom. The largest absolute Gasteiger partial charge is 0.345 e. The van der Waals surface area contributed by atoms with Crippen molar-refractivity contribution in [1.82, 2.24) is 14.8 Å². The number of halogens is 1. The van der Waals surface area contributed by atoms with E-state index in [0.29, 0.717) is 16.9 Å². The van der Waals surface area contributed by atoms with E-state index in [0.717, 1.165) is 10.9 Å². The number of nitro groups is 1. The number of carbonyl (C=O) groups is 1. The molecule has 2 aromatic heterocycles. The second-order valence-electron chi connectivity index (χ2n) is 5.06. The van der Waals surface area contributed by atoms with Crippen molar-refractivity contribution in [3.63, 3.8) is 0 Å². The number of rotatable bonds is 5. The zero-order chi connectivity index (χ0) is 18.7. The van der Waals surface area contributed by atoms with Gasteiger partial charge in [-0.2, -0.15) is 5.10 Å². The topological polar surface area (TPSA) is 120 Å². The van der Waals surface area contributed by atoms with Crippen LogP contribution in [0.25, 0.3) is 0 Å². The Balaban J connectivity index is 1.79. The van der Waals surface area contributed by atoms with Gasteiger partial charge < -0.3 is 0 Å². The molecule has 0 spiro atoms. The summed E-state index contributed by atoms with van der Waals surface area (Å²) in [4.78, 5) is 37.9. The third-order valence-corrected chi connectivity index (χ3v) is 4.10. The average Bonchev–Trinajstić information content (AvgIpc) is 3.07. The van der Waals surface area contributed by atoms with Crippen LogP contribution in [0.2, 0.25) is 0 Å². The molecule has 132 valence electrons. The van der Waals surface area contributed by atoms with E-state index in [-0.39, 0.29) is 22.4 Å². The number of hydrogen-bond acceptors (Lipinski definition) is 7. The van der Waals surface area contributed by atoms with Gasteiger partial charge in [0.1, 0.15) is 17.7 Å². The Morgan fingerprint density at radius 2 is 2.00 bits per heavy atom.